The Hall–Kier alpha value is -3.10. The first-order chi connectivity index (χ1) is 16.4. The van der Waals surface area contributed by atoms with E-state index in [-0.39, 0.29) is 12.2 Å². The molecule has 0 saturated carbocycles. The number of allylic oxidation sites excluding steroid dienone is 1. The van der Waals surface area contributed by atoms with Crippen LogP contribution < -0.4 is 19.8 Å². The highest BCUT2D eigenvalue weighted by Gasteiger charge is 2.33. The van der Waals surface area contributed by atoms with Gasteiger partial charge in [-0.3, -0.25) is 9.36 Å². The predicted molar refractivity (Wildman–Crippen MR) is 134 cm³/mol. The van der Waals surface area contributed by atoms with Gasteiger partial charge in [-0.2, -0.15) is 0 Å². The van der Waals surface area contributed by atoms with Crippen molar-refractivity contribution in [2.75, 3.05) is 24.6 Å². The number of halogens is 1. The molecular formula is C25H26ClN3O4S. The van der Waals surface area contributed by atoms with E-state index in [1.807, 2.05) is 24.3 Å². The van der Waals surface area contributed by atoms with Crippen LogP contribution >= 0.6 is 22.9 Å². The molecular weight excluding hydrogens is 474 g/mol. The molecule has 0 spiro atoms. The Bertz CT molecular complexity index is 1410. The third kappa shape index (κ3) is 4.48. The summed E-state index contributed by atoms with van der Waals surface area (Å²) in [5, 5.41) is 0.566. The van der Waals surface area contributed by atoms with Crippen molar-refractivity contribution in [3.8, 4) is 0 Å². The van der Waals surface area contributed by atoms with Gasteiger partial charge in [0.2, 0.25) is 0 Å². The molecule has 9 heteroatoms. The number of benzene rings is 1. The number of hydrogen-bond donors (Lipinski definition) is 0. The molecule has 0 aliphatic carbocycles. The van der Waals surface area contributed by atoms with Gasteiger partial charge in [0.05, 0.1) is 28.5 Å². The number of furan rings is 1. The molecule has 0 bridgehead atoms. The number of nitrogens with zero attached hydrogens (tertiary/aromatic N) is 3. The molecule has 1 aromatic carbocycles. The van der Waals surface area contributed by atoms with Gasteiger partial charge < -0.3 is 14.1 Å². The van der Waals surface area contributed by atoms with E-state index in [4.69, 9.17) is 20.8 Å². The van der Waals surface area contributed by atoms with Crippen LogP contribution in [-0.4, -0.2) is 30.2 Å². The van der Waals surface area contributed by atoms with Gasteiger partial charge in [-0.15, -0.1) is 0 Å². The number of aromatic nitrogens is 1. The molecule has 1 atom stereocenters. The van der Waals surface area contributed by atoms with Crippen molar-refractivity contribution >= 4 is 40.9 Å². The normalized spacial score (nSPS) is 15.8. The third-order valence-electron chi connectivity index (χ3n) is 5.66. The second kappa shape index (κ2) is 10.0. The molecule has 0 fully saturated rings. The van der Waals surface area contributed by atoms with Crippen LogP contribution in [-0.2, 0) is 9.53 Å². The summed E-state index contributed by atoms with van der Waals surface area (Å²) in [6.07, 6.45) is 1.72. The molecule has 0 amide bonds. The summed E-state index contributed by atoms with van der Waals surface area (Å²) in [4.78, 5) is 33.7. The number of hydrogen-bond acceptors (Lipinski definition) is 7. The maximum Gasteiger partial charge on any atom is 0.338 e. The lowest BCUT2D eigenvalue weighted by Gasteiger charge is -2.24. The minimum atomic E-state index is -0.669. The van der Waals surface area contributed by atoms with E-state index in [0.29, 0.717) is 31.4 Å². The molecule has 178 valence electrons. The smallest absolute Gasteiger partial charge is 0.338 e. The number of fused-ring (bicyclic) bond motifs is 1. The minimum Gasteiger partial charge on any atom is -0.463 e. The Morgan fingerprint density at radius 2 is 1.91 bits per heavy atom. The van der Waals surface area contributed by atoms with Gasteiger partial charge in [-0.25, -0.2) is 9.79 Å². The summed E-state index contributed by atoms with van der Waals surface area (Å²) in [6.45, 7) is 9.49. The van der Waals surface area contributed by atoms with Crippen LogP contribution in [0.4, 0.5) is 5.88 Å². The highest BCUT2D eigenvalue weighted by Crippen LogP contribution is 2.31. The summed E-state index contributed by atoms with van der Waals surface area (Å²) < 4.78 is 13.3. The van der Waals surface area contributed by atoms with Crippen LogP contribution in [0, 0.1) is 0 Å². The van der Waals surface area contributed by atoms with E-state index in [2.05, 4.69) is 23.7 Å². The van der Waals surface area contributed by atoms with Gasteiger partial charge in [-0.1, -0.05) is 35.1 Å². The largest absolute Gasteiger partial charge is 0.463 e. The third-order valence-corrected chi connectivity index (χ3v) is 6.90. The van der Waals surface area contributed by atoms with Crippen molar-refractivity contribution in [1.29, 1.82) is 0 Å². The average molecular weight is 500 g/mol. The highest BCUT2D eigenvalue weighted by molar-refractivity contribution is 7.07. The Morgan fingerprint density at radius 3 is 2.56 bits per heavy atom. The standard InChI is InChI=1S/C25H26ClN3O4S/c1-5-28(6-2)20-13-12-18(33-20)14-19-23(30)29-22(16-8-10-17(26)11-9-16)21(24(31)32-7-3)15(4)27-25(29)34-19/h8-14,22H,5-7H2,1-4H3/b19-14+/t22-/m0/s1. The second-order valence-electron chi connectivity index (χ2n) is 7.70. The summed E-state index contributed by atoms with van der Waals surface area (Å²) in [5.74, 6) is 0.841. The second-order valence-corrected chi connectivity index (χ2v) is 9.15. The van der Waals surface area contributed by atoms with Crippen molar-refractivity contribution in [2.45, 2.75) is 33.7 Å². The monoisotopic (exact) mass is 499 g/mol. The quantitative estimate of drug-likeness (QED) is 0.461. The zero-order chi connectivity index (χ0) is 24.4. The zero-order valence-electron chi connectivity index (χ0n) is 19.5. The van der Waals surface area contributed by atoms with E-state index in [1.165, 1.54) is 11.3 Å². The molecule has 0 unspecified atom stereocenters. The maximum absolute atomic E-state index is 13.6. The van der Waals surface area contributed by atoms with Crippen LogP contribution in [0.5, 0.6) is 0 Å². The van der Waals surface area contributed by atoms with Crippen LogP contribution in [0.3, 0.4) is 0 Å². The average Bonchev–Trinajstić information content (AvgIpc) is 3.39. The molecule has 34 heavy (non-hydrogen) atoms. The van der Waals surface area contributed by atoms with Gasteiger partial charge in [0.25, 0.3) is 5.56 Å². The molecule has 0 N–H and O–H groups in total. The summed E-state index contributed by atoms with van der Waals surface area (Å²) in [5.41, 5.74) is 1.35. The molecule has 1 aliphatic rings. The first-order valence-corrected chi connectivity index (χ1v) is 12.4. The van der Waals surface area contributed by atoms with E-state index < -0.39 is 12.0 Å². The maximum atomic E-state index is 13.6. The van der Waals surface area contributed by atoms with Crippen LogP contribution in [0.25, 0.3) is 6.08 Å². The van der Waals surface area contributed by atoms with Crippen molar-refractivity contribution in [2.24, 2.45) is 4.99 Å². The topological polar surface area (TPSA) is 77.0 Å². The predicted octanol–water partition coefficient (Wildman–Crippen LogP) is 3.89. The number of thiazole rings is 1. The molecule has 1 aliphatic heterocycles. The minimum absolute atomic E-state index is 0.223. The van der Waals surface area contributed by atoms with Crippen molar-refractivity contribution in [1.82, 2.24) is 4.57 Å². The Balaban J connectivity index is 1.87. The lowest BCUT2D eigenvalue weighted by Crippen LogP contribution is -2.39. The van der Waals surface area contributed by atoms with Gasteiger partial charge >= 0.3 is 5.97 Å². The number of esters is 1. The number of ether oxygens (including phenoxy) is 1. The Morgan fingerprint density at radius 1 is 1.21 bits per heavy atom. The number of anilines is 1. The van der Waals surface area contributed by atoms with E-state index >= 15 is 0 Å². The van der Waals surface area contributed by atoms with Crippen LogP contribution in [0.1, 0.15) is 45.1 Å². The lowest BCUT2D eigenvalue weighted by molar-refractivity contribution is -0.139. The fourth-order valence-corrected chi connectivity index (χ4v) is 5.16. The zero-order valence-corrected chi connectivity index (χ0v) is 21.1. The SMILES string of the molecule is CCOC(=O)C1=C(C)N=c2s/c(=C/c3ccc(N(CC)CC)o3)c(=O)n2[C@H]1c1ccc(Cl)cc1. The van der Waals surface area contributed by atoms with E-state index in [1.54, 1.807) is 36.6 Å². The first-order valence-electron chi connectivity index (χ1n) is 11.2. The molecule has 0 radical (unpaired) electrons. The van der Waals surface area contributed by atoms with E-state index in [9.17, 15) is 9.59 Å². The van der Waals surface area contributed by atoms with Crippen molar-refractivity contribution in [3.63, 3.8) is 0 Å². The highest BCUT2D eigenvalue weighted by atomic mass is 35.5. The Labute approximate surface area is 206 Å². The fraction of sp³-hybridized carbons (Fsp3) is 0.320. The van der Waals surface area contributed by atoms with Crippen molar-refractivity contribution in [3.05, 3.63) is 83.7 Å². The van der Waals surface area contributed by atoms with Gasteiger partial charge in [0.1, 0.15) is 5.76 Å². The summed E-state index contributed by atoms with van der Waals surface area (Å²) >= 11 is 7.35. The molecule has 0 saturated heterocycles. The van der Waals surface area contributed by atoms with E-state index in [0.717, 1.165) is 24.5 Å². The molecule has 3 heterocycles. The Kier molecular flexibility index (Phi) is 7.09. The fourth-order valence-electron chi connectivity index (χ4n) is 4.01. The van der Waals surface area contributed by atoms with Gasteiger partial charge in [0.15, 0.2) is 10.7 Å². The lowest BCUT2D eigenvalue weighted by atomic mass is 9.96. The first kappa shape index (κ1) is 24.0. The van der Waals surface area contributed by atoms with Gasteiger partial charge in [0, 0.05) is 30.3 Å². The molecule has 7 nitrogen and oxygen atoms in total. The summed E-state index contributed by atoms with van der Waals surface area (Å²) in [7, 11) is 0. The number of rotatable bonds is 7. The van der Waals surface area contributed by atoms with Crippen molar-refractivity contribution < 1.29 is 13.9 Å². The molecule has 2 aromatic heterocycles. The number of carbonyl (C=O) groups is 1. The van der Waals surface area contributed by atoms with Crippen LogP contribution in [0.15, 0.2) is 61.9 Å². The number of carbonyl (C=O) groups excluding carboxylic acids is 1. The molecule has 3 aromatic rings. The van der Waals surface area contributed by atoms with Crippen LogP contribution in [0.2, 0.25) is 5.02 Å². The van der Waals surface area contributed by atoms with Gasteiger partial charge in [-0.05, 0) is 51.5 Å². The summed E-state index contributed by atoms with van der Waals surface area (Å²) in [6, 6.07) is 10.2. The molecule has 4 rings (SSSR count).